The number of carbonyl (C=O) groups is 1. The molecule has 0 aliphatic heterocycles. The van der Waals surface area contributed by atoms with E-state index in [0.717, 1.165) is 0 Å². The van der Waals surface area contributed by atoms with Crippen LogP contribution in [0.4, 0.5) is 0 Å². The summed E-state index contributed by atoms with van der Waals surface area (Å²) in [6, 6.07) is 2.05. The molecular weight excluding hydrogens is 178 g/mol. The topological polar surface area (TPSA) is 78.9 Å². The number of nitrogens with zero attached hydrogens (tertiary/aromatic N) is 1. The second-order valence-corrected chi connectivity index (χ2v) is 3.44. The first-order valence-electron chi connectivity index (χ1n) is 4.82. The first-order valence-corrected chi connectivity index (χ1v) is 4.82. The highest BCUT2D eigenvalue weighted by Crippen LogP contribution is 2.15. The molecule has 0 radical (unpaired) electrons. The molecule has 0 aromatic rings. The van der Waals surface area contributed by atoms with Crippen LogP contribution < -0.4 is 11.1 Å². The summed E-state index contributed by atoms with van der Waals surface area (Å²) in [7, 11) is 0. The first kappa shape index (κ1) is 10.7. The number of amides is 1. The van der Waals surface area contributed by atoms with E-state index in [9.17, 15) is 4.79 Å². The Bertz CT molecular complexity index is 267. The maximum atomic E-state index is 11.5. The molecule has 14 heavy (non-hydrogen) atoms. The summed E-state index contributed by atoms with van der Waals surface area (Å²) in [5.41, 5.74) is 5.63. The van der Waals surface area contributed by atoms with E-state index in [1.807, 2.05) is 18.2 Å². The highest BCUT2D eigenvalue weighted by molar-refractivity contribution is 5.81. The van der Waals surface area contributed by atoms with E-state index in [0.29, 0.717) is 25.8 Å². The van der Waals surface area contributed by atoms with Crippen molar-refractivity contribution in [1.29, 1.82) is 5.26 Å². The van der Waals surface area contributed by atoms with Gasteiger partial charge in [0.05, 0.1) is 12.0 Å². The predicted molar refractivity (Wildman–Crippen MR) is 53.1 cm³/mol. The van der Waals surface area contributed by atoms with Gasteiger partial charge in [-0.2, -0.15) is 5.26 Å². The van der Waals surface area contributed by atoms with Crippen LogP contribution in [0, 0.1) is 17.2 Å². The van der Waals surface area contributed by atoms with Crippen molar-refractivity contribution in [1.82, 2.24) is 5.32 Å². The lowest BCUT2D eigenvalue weighted by Crippen LogP contribution is -2.31. The molecule has 0 saturated carbocycles. The zero-order chi connectivity index (χ0) is 10.4. The van der Waals surface area contributed by atoms with Crippen molar-refractivity contribution < 1.29 is 4.79 Å². The molecular formula is C10H15N3O. The number of unbranched alkanes of at least 4 members (excludes halogenated alkanes) is 1. The molecule has 76 valence electrons. The summed E-state index contributed by atoms with van der Waals surface area (Å²) in [5.74, 6) is -0.0563. The Hall–Kier alpha value is -1.34. The van der Waals surface area contributed by atoms with Crippen LogP contribution in [0.15, 0.2) is 12.2 Å². The average molecular weight is 193 g/mol. The fraction of sp³-hybridized carbons (Fsp3) is 0.600. The number of nitrogens with one attached hydrogen (secondary N) is 1. The standard InChI is InChI=1S/C10H15N3O/c11-5-1-2-6-13-10(14)8-3-4-9(12)7-8/h3-4,8-9H,1-2,6-7,12H2,(H,13,14). The van der Waals surface area contributed by atoms with Crippen LogP contribution >= 0.6 is 0 Å². The third kappa shape index (κ3) is 3.19. The number of rotatable bonds is 4. The van der Waals surface area contributed by atoms with Gasteiger partial charge in [0.15, 0.2) is 0 Å². The Morgan fingerprint density at radius 3 is 3.00 bits per heavy atom. The minimum absolute atomic E-state index is 0.0184. The van der Waals surface area contributed by atoms with E-state index in [1.165, 1.54) is 0 Å². The zero-order valence-electron chi connectivity index (χ0n) is 8.07. The zero-order valence-corrected chi connectivity index (χ0v) is 8.07. The van der Waals surface area contributed by atoms with E-state index in [2.05, 4.69) is 5.32 Å². The first-order chi connectivity index (χ1) is 6.74. The number of nitrogens with two attached hydrogens (primary N) is 1. The van der Waals surface area contributed by atoms with E-state index < -0.39 is 0 Å². The highest BCUT2D eigenvalue weighted by Gasteiger charge is 2.21. The van der Waals surface area contributed by atoms with Crippen LogP contribution in [-0.4, -0.2) is 18.5 Å². The Morgan fingerprint density at radius 1 is 1.64 bits per heavy atom. The fourth-order valence-electron chi connectivity index (χ4n) is 1.43. The van der Waals surface area contributed by atoms with Gasteiger partial charge in [-0.1, -0.05) is 12.2 Å². The summed E-state index contributed by atoms with van der Waals surface area (Å²) >= 11 is 0. The second kappa shape index (κ2) is 5.40. The molecule has 1 aliphatic carbocycles. The lowest BCUT2D eigenvalue weighted by atomic mass is 10.1. The molecule has 1 amide bonds. The van der Waals surface area contributed by atoms with Crippen LogP contribution in [0.5, 0.6) is 0 Å². The molecule has 0 fully saturated rings. The molecule has 2 unspecified atom stereocenters. The van der Waals surface area contributed by atoms with Crippen LogP contribution in [0.2, 0.25) is 0 Å². The summed E-state index contributed by atoms with van der Waals surface area (Å²) in [4.78, 5) is 11.5. The number of hydrogen-bond donors (Lipinski definition) is 2. The van der Waals surface area contributed by atoms with Gasteiger partial charge in [-0.3, -0.25) is 4.79 Å². The number of nitriles is 1. The van der Waals surface area contributed by atoms with Crippen molar-refractivity contribution in [3.05, 3.63) is 12.2 Å². The van der Waals surface area contributed by atoms with Gasteiger partial charge >= 0.3 is 0 Å². The van der Waals surface area contributed by atoms with Crippen molar-refractivity contribution >= 4 is 5.91 Å². The molecule has 0 saturated heterocycles. The second-order valence-electron chi connectivity index (χ2n) is 3.44. The minimum Gasteiger partial charge on any atom is -0.356 e. The maximum absolute atomic E-state index is 11.5. The summed E-state index contributed by atoms with van der Waals surface area (Å²) in [6.45, 7) is 0.575. The smallest absolute Gasteiger partial charge is 0.226 e. The summed E-state index contributed by atoms with van der Waals surface area (Å²) < 4.78 is 0. The van der Waals surface area contributed by atoms with Gasteiger partial charge in [0, 0.05) is 19.0 Å². The summed E-state index contributed by atoms with van der Waals surface area (Å²) in [6.07, 6.45) is 5.61. The lowest BCUT2D eigenvalue weighted by molar-refractivity contribution is -0.123. The molecule has 4 nitrogen and oxygen atoms in total. The molecule has 1 rings (SSSR count). The van der Waals surface area contributed by atoms with E-state index >= 15 is 0 Å². The molecule has 4 heteroatoms. The third-order valence-electron chi connectivity index (χ3n) is 2.22. The Labute approximate surface area is 83.8 Å². The van der Waals surface area contributed by atoms with Gasteiger partial charge in [-0.05, 0) is 12.8 Å². The predicted octanol–water partition coefficient (Wildman–Crippen LogP) is 0.310. The van der Waals surface area contributed by atoms with E-state index in [-0.39, 0.29) is 17.9 Å². The lowest BCUT2D eigenvalue weighted by Gasteiger charge is -2.09. The molecule has 0 spiro atoms. The number of hydrogen-bond acceptors (Lipinski definition) is 3. The quantitative estimate of drug-likeness (QED) is 0.498. The molecule has 0 aromatic carbocycles. The molecule has 2 atom stereocenters. The van der Waals surface area contributed by atoms with Crippen molar-refractivity contribution in [2.24, 2.45) is 11.7 Å². The Balaban J connectivity index is 2.17. The normalized spacial score (nSPS) is 24.6. The van der Waals surface area contributed by atoms with Gasteiger partial charge in [0.25, 0.3) is 0 Å². The molecule has 0 aromatic heterocycles. The number of carbonyl (C=O) groups excluding carboxylic acids is 1. The molecule has 0 bridgehead atoms. The third-order valence-corrected chi connectivity index (χ3v) is 2.22. The van der Waals surface area contributed by atoms with Gasteiger partial charge < -0.3 is 11.1 Å². The average Bonchev–Trinajstić information content (AvgIpc) is 2.59. The minimum atomic E-state index is -0.0768. The highest BCUT2D eigenvalue weighted by atomic mass is 16.1. The van der Waals surface area contributed by atoms with Crippen LogP contribution in [0.3, 0.4) is 0 Å². The molecule has 3 N–H and O–H groups in total. The Kier molecular flexibility index (Phi) is 4.14. The van der Waals surface area contributed by atoms with Crippen molar-refractivity contribution in [2.45, 2.75) is 25.3 Å². The molecule has 0 heterocycles. The van der Waals surface area contributed by atoms with Crippen molar-refractivity contribution in [3.8, 4) is 6.07 Å². The largest absolute Gasteiger partial charge is 0.356 e. The van der Waals surface area contributed by atoms with Gasteiger partial charge in [0.2, 0.25) is 5.91 Å². The summed E-state index contributed by atoms with van der Waals surface area (Å²) in [5, 5.41) is 11.1. The van der Waals surface area contributed by atoms with E-state index in [1.54, 1.807) is 0 Å². The van der Waals surface area contributed by atoms with E-state index in [4.69, 9.17) is 11.0 Å². The van der Waals surface area contributed by atoms with Crippen LogP contribution in [-0.2, 0) is 4.79 Å². The molecule has 1 aliphatic rings. The van der Waals surface area contributed by atoms with Gasteiger partial charge in [-0.25, -0.2) is 0 Å². The van der Waals surface area contributed by atoms with Gasteiger partial charge in [-0.15, -0.1) is 0 Å². The van der Waals surface area contributed by atoms with Gasteiger partial charge in [0.1, 0.15) is 0 Å². The SMILES string of the molecule is N#CCCCNC(=O)C1C=CC(N)C1. The fourth-order valence-corrected chi connectivity index (χ4v) is 1.43. The van der Waals surface area contributed by atoms with Crippen LogP contribution in [0.25, 0.3) is 0 Å². The van der Waals surface area contributed by atoms with Crippen molar-refractivity contribution in [2.75, 3.05) is 6.54 Å². The Morgan fingerprint density at radius 2 is 2.43 bits per heavy atom. The van der Waals surface area contributed by atoms with Crippen LogP contribution in [0.1, 0.15) is 19.3 Å². The maximum Gasteiger partial charge on any atom is 0.226 e. The van der Waals surface area contributed by atoms with Crippen molar-refractivity contribution in [3.63, 3.8) is 0 Å². The monoisotopic (exact) mass is 193 g/mol.